The van der Waals surface area contributed by atoms with Crippen molar-refractivity contribution < 1.29 is 4.79 Å². The molecule has 0 aliphatic heterocycles. The van der Waals surface area contributed by atoms with Crippen molar-refractivity contribution in [1.82, 2.24) is 0 Å². The predicted octanol–water partition coefficient (Wildman–Crippen LogP) is 3.25. The van der Waals surface area contributed by atoms with Gasteiger partial charge >= 0.3 is 0 Å². The first-order valence-electron chi connectivity index (χ1n) is 5.59. The maximum absolute atomic E-state index is 11.2. The van der Waals surface area contributed by atoms with Crippen molar-refractivity contribution in [1.29, 1.82) is 0 Å². The summed E-state index contributed by atoms with van der Waals surface area (Å²) in [5.74, 6) is 1.13. The molecule has 0 radical (unpaired) electrons. The van der Waals surface area contributed by atoms with E-state index in [-0.39, 0.29) is 0 Å². The minimum atomic E-state index is 0.367. The normalized spacial score (nSPS) is 30.0. The van der Waals surface area contributed by atoms with Gasteiger partial charge in [0.25, 0.3) is 0 Å². The van der Waals surface area contributed by atoms with Crippen molar-refractivity contribution in [3.05, 3.63) is 11.6 Å². The number of allylic oxidation sites excluding steroid dienone is 2. The molecular weight excluding hydrogens is 160 g/mol. The summed E-state index contributed by atoms with van der Waals surface area (Å²) in [6, 6.07) is 0. The lowest BCUT2D eigenvalue weighted by molar-refractivity contribution is -0.115. The van der Waals surface area contributed by atoms with E-state index in [9.17, 15) is 4.79 Å². The number of hydrogen-bond acceptors (Lipinski definition) is 1. The molecule has 0 heterocycles. The molecule has 0 spiro atoms. The Morgan fingerprint density at radius 1 is 1.00 bits per heavy atom. The molecule has 1 unspecified atom stereocenters. The Hall–Kier alpha value is -0.590. The topological polar surface area (TPSA) is 17.1 Å². The Labute approximate surface area is 80.2 Å². The predicted molar refractivity (Wildman–Crippen MR) is 53.5 cm³/mol. The van der Waals surface area contributed by atoms with Crippen LogP contribution in [0.5, 0.6) is 0 Å². The quantitative estimate of drug-likeness (QED) is 0.556. The molecule has 1 nitrogen and oxygen atoms in total. The molecule has 2 rings (SSSR count). The molecule has 0 aromatic rings. The molecule has 0 N–H and O–H groups in total. The van der Waals surface area contributed by atoms with Crippen molar-refractivity contribution in [2.75, 3.05) is 0 Å². The van der Waals surface area contributed by atoms with E-state index >= 15 is 0 Å². The van der Waals surface area contributed by atoms with E-state index < -0.39 is 0 Å². The largest absolute Gasteiger partial charge is 0.295 e. The monoisotopic (exact) mass is 178 g/mol. The Bertz CT molecular complexity index is 227. The average molecular weight is 178 g/mol. The van der Waals surface area contributed by atoms with Gasteiger partial charge in [-0.3, -0.25) is 4.79 Å². The number of rotatable bonds is 0. The van der Waals surface area contributed by atoms with Crippen LogP contribution in [0, 0.1) is 5.92 Å². The molecule has 0 amide bonds. The van der Waals surface area contributed by atoms with E-state index in [0.29, 0.717) is 5.78 Å². The van der Waals surface area contributed by atoms with Gasteiger partial charge in [-0.15, -0.1) is 0 Å². The Balaban J connectivity index is 2.08. The summed E-state index contributed by atoms with van der Waals surface area (Å²) in [6.07, 6.45) is 11.8. The molecule has 1 saturated carbocycles. The third-order valence-corrected chi connectivity index (χ3v) is 3.38. The number of hydrogen-bond donors (Lipinski definition) is 0. The molecule has 13 heavy (non-hydrogen) atoms. The van der Waals surface area contributed by atoms with E-state index in [0.717, 1.165) is 18.8 Å². The number of ketones is 1. The Morgan fingerprint density at radius 3 is 2.77 bits per heavy atom. The lowest BCUT2D eigenvalue weighted by Gasteiger charge is -2.25. The summed E-state index contributed by atoms with van der Waals surface area (Å²) in [6.45, 7) is 0. The summed E-state index contributed by atoms with van der Waals surface area (Å²) < 4.78 is 0. The summed E-state index contributed by atoms with van der Waals surface area (Å²) in [5.41, 5.74) is 1.47. The van der Waals surface area contributed by atoms with E-state index in [1.807, 2.05) is 6.08 Å². The lowest BCUT2D eigenvalue weighted by atomic mass is 9.79. The van der Waals surface area contributed by atoms with E-state index in [2.05, 4.69) is 0 Å². The van der Waals surface area contributed by atoms with Crippen LogP contribution in [0.1, 0.15) is 51.4 Å². The summed E-state index contributed by atoms with van der Waals surface area (Å²) in [5, 5.41) is 0. The maximum atomic E-state index is 11.2. The van der Waals surface area contributed by atoms with E-state index in [1.165, 1.54) is 44.1 Å². The van der Waals surface area contributed by atoms with Gasteiger partial charge in [-0.05, 0) is 37.7 Å². The van der Waals surface area contributed by atoms with Gasteiger partial charge in [-0.1, -0.05) is 24.8 Å². The van der Waals surface area contributed by atoms with Gasteiger partial charge in [0.2, 0.25) is 0 Å². The van der Waals surface area contributed by atoms with Crippen LogP contribution >= 0.6 is 0 Å². The average Bonchev–Trinajstić information content (AvgIpc) is 2.08. The van der Waals surface area contributed by atoms with Crippen molar-refractivity contribution in [3.8, 4) is 0 Å². The second-order valence-corrected chi connectivity index (χ2v) is 4.37. The highest BCUT2D eigenvalue weighted by atomic mass is 16.1. The van der Waals surface area contributed by atoms with E-state index in [4.69, 9.17) is 0 Å². The Kier molecular flexibility index (Phi) is 2.82. The fraction of sp³-hybridized carbons (Fsp3) is 0.750. The van der Waals surface area contributed by atoms with E-state index in [1.54, 1.807) is 0 Å². The van der Waals surface area contributed by atoms with Crippen LogP contribution < -0.4 is 0 Å². The van der Waals surface area contributed by atoms with Gasteiger partial charge in [0.15, 0.2) is 5.78 Å². The van der Waals surface area contributed by atoms with Gasteiger partial charge in [0, 0.05) is 6.42 Å². The van der Waals surface area contributed by atoms with Gasteiger partial charge in [0.1, 0.15) is 0 Å². The molecule has 2 aliphatic carbocycles. The zero-order valence-electron chi connectivity index (χ0n) is 8.22. The molecule has 0 aromatic heterocycles. The Morgan fingerprint density at radius 2 is 1.85 bits per heavy atom. The van der Waals surface area contributed by atoms with Gasteiger partial charge in [-0.25, -0.2) is 0 Å². The van der Waals surface area contributed by atoms with Gasteiger partial charge in [0.05, 0.1) is 0 Å². The first kappa shape index (κ1) is 8.98. The highest BCUT2D eigenvalue weighted by Crippen LogP contribution is 2.33. The summed E-state index contributed by atoms with van der Waals surface area (Å²) >= 11 is 0. The lowest BCUT2D eigenvalue weighted by Crippen LogP contribution is -2.15. The minimum absolute atomic E-state index is 0.367. The van der Waals surface area contributed by atoms with Crippen LogP contribution in [0.3, 0.4) is 0 Å². The third-order valence-electron chi connectivity index (χ3n) is 3.38. The van der Waals surface area contributed by atoms with Gasteiger partial charge in [-0.2, -0.15) is 0 Å². The standard InChI is InChI=1S/C12H18O/c13-12-8-7-10-5-3-1-2-4-6-11(10)9-12/h9-10H,1-8H2. The van der Waals surface area contributed by atoms with Crippen LogP contribution in [0.25, 0.3) is 0 Å². The highest BCUT2D eigenvalue weighted by Gasteiger charge is 2.21. The molecule has 72 valence electrons. The number of fused-ring (bicyclic) bond motifs is 1. The molecule has 0 bridgehead atoms. The van der Waals surface area contributed by atoms with Crippen LogP contribution in [-0.4, -0.2) is 5.78 Å². The molecule has 0 aromatic carbocycles. The summed E-state index contributed by atoms with van der Waals surface area (Å²) in [4.78, 5) is 11.2. The van der Waals surface area contributed by atoms with Crippen molar-refractivity contribution in [2.24, 2.45) is 5.92 Å². The second-order valence-electron chi connectivity index (χ2n) is 4.37. The van der Waals surface area contributed by atoms with Crippen LogP contribution in [-0.2, 0) is 4.79 Å². The second kappa shape index (κ2) is 4.08. The fourth-order valence-corrected chi connectivity index (χ4v) is 2.58. The van der Waals surface area contributed by atoms with Crippen LogP contribution in [0.15, 0.2) is 11.6 Å². The maximum Gasteiger partial charge on any atom is 0.155 e. The molecule has 0 saturated heterocycles. The number of carbonyl (C=O) groups excluding carboxylic acids is 1. The SMILES string of the molecule is O=C1C=C2CCCCCCC2CC1. The molecule has 2 aliphatic rings. The zero-order valence-corrected chi connectivity index (χ0v) is 8.22. The van der Waals surface area contributed by atoms with Gasteiger partial charge < -0.3 is 0 Å². The molecule has 1 fully saturated rings. The van der Waals surface area contributed by atoms with Crippen LogP contribution in [0.2, 0.25) is 0 Å². The van der Waals surface area contributed by atoms with Crippen molar-refractivity contribution in [2.45, 2.75) is 51.4 Å². The third kappa shape index (κ3) is 2.20. The molecule has 1 heteroatoms. The van der Waals surface area contributed by atoms with Crippen LogP contribution in [0.4, 0.5) is 0 Å². The molecular formula is C12H18O. The first-order chi connectivity index (χ1) is 6.36. The highest BCUT2D eigenvalue weighted by molar-refractivity contribution is 5.91. The zero-order chi connectivity index (χ0) is 9.10. The summed E-state index contributed by atoms with van der Waals surface area (Å²) in [7, 11) is 0. The fourth-order valence-electron chi connectivity index (χ4n) is 2.58. The molecule has 1 atom stereocenters. The first-order valence-corrected chi connectivity index (χ1v) is 5.59. The number of carbonyl (C=O) groups is 1. The van der Waals surface area contributed by atoms with Crippen molar-refractivity contribution in [3.63, 3.8) is 0 Å². The van der Waals surface area contributed by atoms with Crippen molar-refractivity contribution >= 4 is 5.78 Å². The minimum Gasteiger partial charge on any atom is -0.295 e. The smallest absolute Gasteiger partial charge is 0.155 e.